The van der Waals surface area contributed by atoms with Gasteiger partial charge in [-0.25, -0.2) is 0 Å². The maximum atomic E-state index is 13.1. The highest BCUT2D eigenvalue weighted by Gasteiger charge is 2.34. The lowest BCUT2D eigenvalue weighted by atomic mass is 10.0. The zero-order chi connectivity index (χ0) is 22.9. The molecule has 0 saturated carbocycles. The number of benzene rings is 3. The Hall–Kier alpha value is -3.48. The Morgan fingerprint density at radius 3 is 2.70 bits per heavy atom. The number of carbonyl (C=O) groups excluding carboxylic acids is 1. The van der Waals surface area contributed by atoms with Gasteiger partial charge in [0.2, 0.25) is 5.78 Å². The molecule has 3 aromatic rings. The van der Waals surface area contributed by atoms with Gasteiger partial charge in [0.25, 0.3) is 0 Å². The summed E-state index contributed by atoms with van der Waals surface area (Å²) in [6.45, 7) is 1.63. The van der Waals surface area contributed by atoms with Crippen LogP contribution in [0.5, 0.6) is 23.0 Å². The van der Waals surface area contributed by atoms with E-state index in [1.807, 2.05) is 42.5 Å². The average Bonchev–Trinajstić information content (AvgIpc) is 3.16. The number of nitrogens with zero attached hydrogens (tertiary/aromatic N) is 1. The number of hydrogen-bond donors (Lipinski definition) is 0. The van der Waals surface area contributed by atoms with Gasteiger partial charge in [-0.3, -0.25) is 9.69 Å². The lowest BCUT2D eigenvalue weighted by Gasteiger charge is -2.30. The van der Waals surface area contributed by atoms with Crippen LogP contribution in [0.1, 0.15) is 27.0 Å². The van der Waals surface area contributed by atoms with E-state index in [0.717, 1.165) is 16.9 Å². The molecule has 2 aliphatic heterocycles. The third kappa shape index (κ3) is 3.92. The molecule has 3 aromatic carbocycles. The van der Waals surface area contributed by atoms with Crippen molar-refractivity contribution in [1.29, 1.82) is 0 Å². The van der Waals surface area contributed by atoms with Crippen molar-refractivity contribution in [2.45, 2.75) is 13.1 Å². The van der Waals surface area contributed by atoms with Crippen LogP contribution in [0.3, 0.4) is 0 Å². The van der Waals surface area contributed by atoms with E-state index in [1.54, 1.807) is 32.4 Å². The van der Waals surface area contributed by atoms with Crippen LogP contribution >= 0.6 is 11.6 Å². The highest BCUT2D eigenvalue weighted by Crippen LogP contribution is 2.43. The molecule has 0 amide bonds. The molecular formula is C26H22ClNO5. The summed E-state index contributed by atoms with van der Waals surface area (Å²) in [7, 11) is 3.13. The smallest absolute Gasteiger partial charge is 0.231 e. The number of carbonyl (C=O) groups is 1. The summed E-state index contributed by atoms with van der Waals surface area (Å²) in [6, 6.07) is 16.8. The van der Waals surface area contributed by atoms with Gasteiger partial charge in [0.15, 0.2) is 17.3 Å². The van der Waals surface area contributed by atoms with Crippen molar-refractivity contribution in [1.82, 2.24) is 4.90 Å². The Morgan fingerprint density at radius 1 is 1.06 bits per heavy atom. The number of allylic oxidation sites excluding steroid dienone is 1. The third-order valence-corrected chi connectivity index (χ3v) is 6.12. The van der Waals surface area contributed by atoms with E-state index in [-0.39, 0.29) is 11.5 Å². The minimum absolute atomic E-state index is 0.180. The third-order valence-electron chi connectivity index (χ3n) is 5.75. The molecule has 0 aromatic heterocycles. The van der Waals surface area contributed by atoms with E-state index in [4.69, 9.17) is 30.5 Å². The number of Topliss-reactive ketones (excluding diaryl/α,β-unsaturated/α-hetero) is 1. The Balaban J connectivity index is 1.45. The molecule has 0 unspecified atom stereocenters. The Bertz CT molecular complexity index is 1270. The van der Waals surface area contributed by atoms with Crippen molar-refractivity contribution in [3.8, 4) is 23.0 Å². The highest BCUT2D eigenvalue weighted by molar-refractivity contribution is 6.31. The number of ether oxygens (including phenoxy) is 4. The zero-order valence-electron chi connectivity index (χ0n) is 18.3. The molecule has 0 aliphatic carbocycles. The molecule has 0 bridgehead atoms. The molecule has 2 heterocycles. The van der Waals surface area contributed by atoms with Gasteiger partial charge in [0.1, 0.15) is 18.2 Å². The van der Waals surface area contributed by atoms with Crippen LogP contribution in [0, 0.1) is 0 Å². The van der Waals surface area contributed by atoms with E-state index in [9.17, 15) is 4.79 Å². The molecule has 5 rings (SSSR count). The Morgan fingerprint density at radius 2 is 1.91 bits per heavy atom. The Labute approximate surface area is 196 Å². The van der Waals surface area contributed by atoms with Crippen LogP contribution < -0.4 is 18.9 Å². The van der Waals surface area contributed by atoms with Gasteiger partial charge < -0.3 is 18.9 Å². The SMILES string of the molecule is COc1cccc(/C=C2\Oc3c(ccc4c3CN(Cc3ccccc3Cl)CO4)C2=O)c1OC. The molecule has 0 fully saturated rings. The zero-order valence-corrected chi connectivity index (χ0v) is 19.0. The molecule has 0 saturated heterocycles. The van der Waals surface area contributed by atoms with Gasteiger partial charge in [-0.15, -0.1) is 0 Å². The first kappa shape index (κ1) is 21.4. The summed E-state index contributed by atoms with van der Waals surface area (Å²) in [5.74, 6) is 2.42. The minimum atomic E-state index is -0.180. The molecule has 7 heteroatoms. The first-order chi connectivity index (χ1) is 16.1. The maximum Gasteiger partial charge on any atom is 0.231 e. The molecule has 0 spiro atoms. The van der Waals surface area contributed by atoms with E-state index in [1.165, 1.54) is 0 Å². The largest absolute Gasteiger partial charge is 0.493 e. The minimum Gasteiger partial charge on any atom is -0.493 e. The lowest BCUT2D eigenvalue weighted by molar-refractivity contribution is 0.0873. The lowest BCUT2D eigenvalue weighted by Crippen LogP contribution is -2.31. The number of rotatable bonds is 5. The summed E-state index contributed by atoms with van der Waals surface area (Å²) >= 11 is 6.34. The molecule has 168 valence electrons. The van der Waals surface area contributed by atoms with Gasteiger partial charge in [-0.05, 0) is 35.9 Å². The van der Waals surface area contributed by atoms with E-state index < -0.39 is 0 Å². The fraction of sp³-hybridized carbons (Fsp3) is 0.192. The summed E-state index contributed by atoms with van der Waals surface area (Å²) in [6.07, 6.45) is 1.68. The second kappa shape index (κ2) is 8.81. The molecular weight excluding hydrogens is 442 g/mol. The Kier molecular flexibility index (Phi) is 5.70. The van der Waals surface area contributed by atoms with Crippen molar-refractivity contribution in [3.63, 3.8) is 0 Å². The number of para-hydroxylation sites is 1. The first-order valence-electron chi connectivity index (χ1n) is 10.5. The fourth-order valence-corrected chi connectivity index (χ4v) is 4.34. The van der Waals surface area contributed by atoms with Gasteiger partial charge >= 0.3 is 0 Å². The van der Waals surface area contributed by atoms with Crippen molar-refractivity contribution in [3.05, 3.63) is 87.6 Å². The normalized spacial score (nSPS) is 16.1. The van der Waals surface area contributed by atoms with Gasteiger partial charge in [0, 0.05) is 23.7 Å². The standard InChI is InChI=1S/C26H22ClNO5/c1-30-22-9-5-7-16(25(22)31-2)12-23-24(29)18-10-11-21-19(26(18)33-23)14-28(15-32-21)13-17-6-3-4-8-20(17)27/h3-12H,13-15H2,1-2H3/b23-12-. The molecule has 6 nitrogen and oxygen atoms in total. The van der Waals surface area contributed by atoms with Crippen molar-refractivity contribution in [2.75, 3.05) is 21.0 Å². The number of halogens is 1. The van der Waals surface area contributed by atoms with Crippen LogP contribution in [0.15, 0.2) is 60.4 Å². The summed E-state index contributed by atoms with van der Waals surface area (Å²) in [4.78, 5) is 15.2. The summed E-state index contributed by atoms with van der Waals surface area (Å²) < 4.78 is 22.9. The number of fused-ring (bicyclic) bond motifs is 3. The molecule has 0 atom stereocenters. The number of ketones is 1. The molecule has 33 heavy (non-hydrogen) atoms. The van der Waals surface area contributed by atoms with E-state index in [2.05, 4.69) is 4.90 Å². The monoisotopic (exact) mass is 463 g/mol. The quantitative estimate of drug-likeness (QED) is 0.477. The molecule has 0 radical (unpaired) electrons. The highest BCUT2D eigenvalue weighted by atomic mass is 35.5. The molecule has 0 N–H and O–H groups in total. The maximum absolute atomic E-state index is 13.1. The van der Waals surface area contributed by atoms with E-state index in [0.29, 0.717) is 53.2 Å². The second-order valence-electron chi connectivity index (χ2n) is 7.79. The van der Waals surface area contributed by atoms with Crippen LogP contribution in [0.25, 0.3) is 6.08 Å². The second-order valence-corrected chi connectivity index (χ2v) is 8.20. The van der Waals surface area contributed by atoms with Gasteiger partial charge in [0.05, 0.1) is 25.3 Å². The topological polar surface area (TPSA) is 57.2 Å². The van der Waals surface area contributed by atoms with Crippen LogP contribution in [-0.2, 0) is 13.1 Å². The predicted molar refractivity (Wildman–Crippen MR) is 125 cm³/mol. The fourth-order valence-electron chi connectivity index (χ4n) is 4.14. The van der Waals surface area contributed by atoms with Gasteiger partial charge in [-0.2, -0.15) is 0 Å². The average molecular weight is 464 g/mol. The van der Waals surface area contributed by atoms with Gasteiger partial charge in [-0.1, -0.05) is 41.9 Å². The van der Waals surface area contributed by atoms with Crippen LogP contribution in [0.4, 0.5) is 0 Å². The molecule has 2 aliphatic rings. The van der Waals surface area contributed by atoms with Crippen LogP contribution in [0.2, 0.25) is 5.02 Å². The van der Waals surface area contributed by atoms with Crippen molar-refractivity contribution >= 4 is 23.5 Å². The summed E-state index contributed by atoms with van der Waals surface area (Å²) in [5.41, 5.74) is 3.07. The van der Waals surface area contributed by atoms with E-state index >= 15 is 0 Å². The summed E-state index contributed by atoms with van der Waals surface area (Å²) in [5, 5.41) is 0.713. The van der Waals surface area contributed by atoms with Crippen LogP contribution in [-0.4, -0.2) is 31.6 Å². The number of methoxy groups -OCH3 is 2. The first-order valence-corrected chi connectivity index (χ1v) is 10.9. The predicted octanol–water partition coefficient (Wildman–Crippen LogP) is 5.33. The van der Waals surface area contributed by atoms with Crippen molar-refractivity contribution in [2.24, 2.45) is 0 Å². The van der Waals surface area contributed by atoms with Crippen molar-refractivity contribution < 1.29 is 23.7 Å². The number of hydrogen-bond acceptors (Lipinski definition) is 6.